The van der Waals surface area contributed by atoms with Crippen molar-refractivity contribution in [3.63, 3.8) is 0 Å². The molecule has 0 unspecified atom stereocenters. The molecule has 0 saturated carbocycles. The molecule has 2 fully saturated rings. The van der Waals surface area contributed by atoms with Crippen LogP contribution in [0.1, 0.15) is 30.4 Å². The molecular formula is C25H32N4O4. The number of methoxy groups -OCH3 is 2. The summed E-state index contributed by atoms with van der Waals surface area (Å²) in [6, 6.07) is 11.3. The first-order valence-corrected chi connectivity index (χ1v) is 11.4. The summed E-state index contributed by atoms with van der Waals surface area (Å²) in [6.07, 6.45) is 5.61. The topological polar surface area (TPSA) is 75.2 Å². The number of amides is 3. The minimum absolute atomic E-state index is 0.0817. The van der Waals surface area contributed by atoms with Gasteiger partial charge in [0.25, 0.3) is 5.91 Å². The zero-order valence-corrected chi connectivity index (χ0v) is 19.4. The average molecular weight is 453 g/mol. The lowest BCUT2D eigenvalue weighted by atomic mass is 9.85. The molecule has 8 heteroatoms. The monoisotopic (exact) mass is 452 g/mol. The molecule has 176 valence electrons. The number of urea groups is 1. The maximum absolute atomic E-state index is 13.7. The summed E-state index contributed by atoms with van der Waals surface area (Å²) in [7, 11) is 3.27. The van der Waals surface area contributed by atoms with Crippen molar-refractivity contribution in [2.24, 2.45) is 0 Å². The highest BCUT2D eigenvalue weighted by atomic mass is 16.5. The van der Waals surface area contributed by atoms with Crippen LogP contribution in [0.5, 0.6) is 5.75 Å². The van der Waals surface area contributed by atoms with Crippen molar-refractivity contribution >= 4 is 11.9 Å². The van der Waals surface area contributed by atoms with Crippen molar-refractivity contribution in [2.75, 3.05) is 40.5 Å². The number of piperidine rings is 1. The number of carbonyl (C=O) groups excluding carboxylic acids is 2. The van der Waals surface area contributed by atoms with Crippen LogP contribution in [0.4, 0.5) is 4.79 Å². The molecule has 1 aromatic carbocycles. The molecule has 2 aromatic rings. The molecule has 2 aliphatic rings. The molecule has 0 N–H and O–H groups in total. The van der Waals surface area contributed by atoms with Crippen LogP contribution in [0, 0.1) is 0 Å². The number of hydrogen-bond donors (Lipinski definition) is 0. The lowest BCUT2D eigenvalue weighted by Gasteiger charge is -2.42. The van der Waals surface area contributed by atoms with Crippen LogP contribution in [-0.4, -0.2) is 77.6 Å². The number of imide groups is 1. The summed E-state index contributed by atoms with van der Waals surface area (Å²) in [6.45, 7) is 3.64. The Morgan fingerprint density at radius 1 is 1.00 bits per heavy atom. The SMILES string of the molecule is COCCCN1C(=O)N(Cc2ccc(OC)cc2)C(=O)C12CCN(Cc1cccnc1)CC2. The van der Waals surface area contributed by atoms with Gasteiger partial charge in [0.05, 0.1) is 13.7 Å². The standard InChI is InChI=1S/C25H32N4O4/c1-32-16-4-13-29-24(31)28(19-20-6-8-22(33-2)9-7-20)23(30)25(29)10-14-27(15-11-25)18-21-5-3-12-26-17-21/h3,5-9,12,17H,4,10-11,13-16,18-19H2,1-2H3. The van der Waals surface area contributed by atoms with Gasteiger partial charge in [0.2, 0.25) is 0 Å². The van der Waals surface area contributed by atoms with Crippen molar-refractivity contribution in [1.82, 2.24) is 19.7 Å². The van der Waals surface area contributed by atoms with E-state index in [1.165, 1.54) is 4.90 Å². The summed E-state index contributed by atoms with van der Waals surface area (Å²) in [5.41, 5.74) is 1.28. The third kappa shape index (κ3) is 4.86. The van der Waals surface area contributed by atoms with Gasteiger partial charge in [-0.15, -0.1) is 0 Å². The van der Waals surface area contributed by atoms with Gasteiger partial charge in [-0.3, -0.25) is 19.6 Å². The van der Waals surface area contributed by atoms with Gasteiger partial charge in [-0.2, -0.15) is 0 Å². The number of hydrogen-bond acceptors (Lipinski definition) is 6. The van der Waals surface area contributed by atoms with Gasteiger partial charge in [0, 0.05) is 52.3 Å². The molecular weight excluding hydrogens is 420 g/mol. The second-order valence-corrected chi connectivity index (χ2v) is 8.69. The van der Waals surface area contributed by atoms with Crippen LogP contribution < -0.4 is 4.74 Å². The predicted molar refractivity (Wildman–Crippen MR) is 124 cm³/mol. The van der Waals surface area contributed by atoms with Gasteiger partial charge in [-0.05, 0) is 48.6 Å². The van der Waals surface area contributed by atoms with Crippen LogP contribution >= 0.6 is 0 Å². The second-order valence-electron chi connectivity index (χ2n) is 8.69. The molecule has 4 rings (SSSR count). The highest BCUT2D eigenvalue weighted by Crippen LogP contribution is 2.38. The van der Waals surface area contributed by atoms with Gasteiger partial charge in [-0.1, -0.05) is 18.2 Å². The molecule has 1 aromatic heterocycles. The molecule has 1 spiro atoms. The molecule has 0 radical (unpaired) electrons. The Morgan fingerprint density at radius 2 is 1.76 bits per heavy atom. The number of ether oxygens (including phenoxy) is 2. The first-order valence-electron chi connectivity index (χ1n) is 11.4. The molecule has 33 heavy (non-hydrogen) atoms. The van der Waals surface area contributed by atoms with Crippen molar-refractivity contribution in [3.8, 4) is 5.75 Å². The van der Waals surface area contributed by atoms with E-state index in [9.17, 15) is 9.59 Å². The third-order valence-electron chi connectivity index (χ3n) is 6.66. The summed E-state index contributed by atoms with van der Waals surface area (Å²) in [4.78, 5) is 36.9. The van der Waals surface area contributed by atoms with Crippen LogP contribution in [0.2, 0.25) is 0 Å². The Balaban J connectivity index is 1.50. The van der Waals surface area contributed by atoms with E-state index in [-0.39, 0.29) is 18.5 Å². The maximum Gasteiger partial charge on any atom is 0.327 e. The van der Waals surface area contributed by atoms with Gasteiger partial charge in [-0.25, -0.2) is 4.79 Å². The Labute approximate surface area is 195 Å². The largest absolute Gasteiger partial charge is 0.497 e. The Bertz CT molecular complexity index is 943. The molecule has 2 saturated heterocycles. The lowest BCUT2D eigenvalue weighted by molar-refractivity contribution is -0.136. The van der Waals surface area contributed by atoms with Crippen molar-refractivity contribution in [2.45, 2.75) is 37.9 Å². The Hall–Kier alpha value is -2.97. The molecule has 3 amide bonds. The minimum atomic E-state index is -0.775. The van der Waals surface area contributed by atoms with Gasteiger partial charge >= 0.3 is 6.03 Å². The number of likely N-dealkylation sites (tertiary alicyclic amines) is 1. The van der Waals surface area contributed by atoms with Crippen molar-refractivity contribution in [3.05, 3.63) is 59.9 Å². The summed E-state index contributed by atoms with van der Waals surface area (Å²) >= 11 is 0. The van der Waals surface area contributed by atoms with E-state index < -0.39 is 5.54 Å². The zero-order chi connectivity index (χ0) is 23.3. The fourth-order valence-corrected chi connectivity index (χ4v) is 4.83. The van der Waals surface area contributed by atoms with Crippen LogP contribution in [0.25, 0.3) is 0 Å². The number of rotatable bonds is 9. The summed E-state index contributed by atoms with van der Waals surface area (Å²) in [5, 5.41) is 0. The molecule has 8 nitrogen and oxygen atoms in total. The molecule has 0 aliphatic carbocycles. The van der Waals surface area contributed by atoms with Gasteiger partial charge < -0.3 is 14.4 Å². The summed E-state index contributed by atoms with van der Waals surface area (Å²) < 4.78 is 10.4. The number of benzene rings is 1. The number of nitrogens with zero attached hydrogens (tertiary/aromatic N) is 4. The van der Waals surface area contributed by atoms with E-state index in [1.54, 1.807) is 25.3 Å². The Kier molecular flexibility index (Phi) is 7.25. The fraction of sp³-hybridized carbons (Fsp3) is 0.480. The van der Waals surface area contributed by atoms with Crippen LogP contribution in [0.3, 0.4) is 0 Å². The summed E-state index contributed by atoms with van der Waals surface area (Å²) in [5.74, 6) is 0.665. The average Bonchev–Trinajstić information content (AvgIpc) is 3.03. The van der Waals surface area contributed by atoms with Crippen LogP contribution in [-0.2, 0) is 22.6 Å². The number of carbonyl (C=O) groups is 2. The van der Waals surface area contributed by atoms with E-state index in [0.29, 0.717) is 32.4 Å². The second kappa shape index (κ2) is 10.3. The van der Waals surface area contributed by atoms with E-state index in [1.807, 2.05) is 36.5 Å². The fourth-order valence-electron chi connectivity index (χ4n) is 4.83. The van der Waals surface area contributed by atoms with E-state index >= 15 is 0 Å². The smallest absolute Gasteiger partial charge is 0.327 e. The Morgan fingerprint density at radius 3 is 2.39 bits per heavy atom. The quantitative estimate of drug-likeness (QED) is 0.430. The number of aromatic nitrogens is 1. The molecule has 0 atom stereocenters. The minimum Gasteiger partial charge on any atom is -0.497 e. The predicted octanol–water partition coefficient (Wildman–Crippen LogP) is 2.93. The molecule has 0 bridgehead atoms. The molecule has 2 aliphatic heterocycles. The normalized spacial score (nSPS) is 18.4. The van der Waals surface area contributed by atoms with E-state index in [0.717, 1.165) is 36.5 Å². The molecule has 3 heterocycles. The van der Waals surface area contributed by atoms with E-state index in [4.69, 9.17) is 9.47 Å². The lowest BCUT2D eigenvalue weighted by Crippen LogP contribution is -2.56. The third-order valence-corrected chi connectivity index (χ3v) is 6.66. The number of pyridine rings is 1. The van der Waals surface area contributed by atoms with Crippen LogP contribution in [0.15, 0.2) is 48.8 Å². The van der Waals surface area contributed by atoms with Gasteiger partial charge in [0.1, 0.15) is 11.3 Å². The first kappa shape index (κ1) is 23.2. The highest BCUT2D eigenvalue weighted by Gasteiger charge is 2.57. The first-order chi connectivity index (χ1) is 16.1. The van der Waals surface area contributed by atoms with E-state index in [2.05, 4.69) is 16.0 Å². The van der Waals surface area contributed by atoms with Crippen molar-refractivity contribution in [1.29, 1.82) is 0 Å². The van der Waals surface area contributed by atoms with Crippen molar-refractivity contribution < 1.29 is 19.1 Å². The zero-order valence-electron chi connectivity index (χ0n) is 19.4. The maximum atomic E-state index is 13.7. The van der Waals surface area contributed by atoms with Gasteiger partial charge in [0.15, 0.2) is 0 Å². The highest BCUT2D eigenvalue weighted by molar-refractivity contribution is 6.07.